The molecule has 1 saturated heterocycles. The number of anilines is 2. The Morgan fingerprint density at radius 3 is 2.71 bits per heavy atom. The van der Waals surface area contributed by atoms with Crippen LogP contribution in [0.5, 0.6) is 5.88 Å². The number of aliphatic hydroxyl groups is 1. The number of aliphatic hydroxyl groups excluding tert-OH is 1. The van der Waals surface area contributed by atoms with Gasteiger partial charge in [0.25, 0.3) is 5.91 Å². The highest BCUT2D eigenvalue weighted by molar-refractivity contribution is 6.09. The first kappa shape index (κ1) is 23.2. The van der Waals surface area contributed by atoms with Crippen LogP contribution in [0.2, 0.25) is 0 Å². The highest BCUT2D eigenvalue weighted by Crippen LogP contribution is 2.39. The van der Waals surface area contributed by atoms with Crippen LogP contribution >= 0.6 is 0 Å². The van der Waals surface area contributed by atoms with Crippen molar-refractivity contribution < 1.29 is 19.4 Å². The SMILES string of the molecule is CC(=O)CN1CCN(c2nc3c(cc2NC(=O)c2cnn4cc(C)cnc24)C[C@](C)(CO)O3)CC1. The van der Waals surface area contributed by atoms with Crippen molar-refractivity contribution in [3.63, 3.8) is 0 Å². The number of nitrogens with one attached hydrogen (secondary N) is 1. The molecule has 11 heteroatoms. The van der Waals surface area contributed by atoms with Gasteiger partial charge in [-0.05, 0) is 32.4 Å². The second-order valence-corrected chi connectivity index (χ2v) is 9.59. The van der Waals surface area contributed by atoms with E-state index < -0.39 is 5.60 Å². The lowest BCUT2D eigenvalue weighted by atomic mass is 10.0. The molecule has 0 saturated carbocycles. The summed E-state index contributed by atoms with van der Waals surface area (Å²) in [6, 6.07) is 1.88. The van der Waals surface area contributed by atoms with Crippen LogP contribution in [0, 0.1) is 6.92 Å². The van der Waals surface area contributed by atoms with Crippen LogP contribution in [0.3, 0.4) is 0 Å². The Morgan fingerprint density at radius 2 is 2.00 bits per heavy atom. The Balaban J connectivity index is 1.45. The van der Waals surface area contributed by atoms with Gasteiger partial charge in [-0.25, -0.2) is 9.50 Å². The number of rotatable bonds is 6. The maximum absolute atomic E-state index is 13.3. The molecule has 11 nitrogen and oxygen atoms in total. The Hall–Kier alpha value is -3.57. The first-order valence-corrected chi connectivity index (χ1v) is 11.7. The van der Waals surface area contributed by atoms with Crippen LogP contribution in [0.1, 0.15) is 35.3 Å². The minimum Gasteiger partial charge on any atom is -0.468 e. The minimum absolute atomic E-state index is 0.135. The predicted molar refractivity (Wildman–Crippen MR) is 129 cm³/mol. The van der Waals surface area contributed by atoms with Gasteiger partial charge in [0.05, 0.1) is 25.0 Å². The van der Waals surface area contributed by atoms with E-state index in [4.69, 9.17) is 9.72 Å². The van der Waals surface area contributed by atoms with Crippen molar-refractivity contribution in [2.45, 2.75) is 32.8 Å². The van der Waals surface area contributed by atoms with E-state index in [0.717, 1.165) is 11.1 Å². The van der Waals surface area contributed by atoms with Crippen molar-refractivity contribution in [3.05, 3.63) is 41.3 Å². The van der Waals surface area contributed by atoms with E-state index >= 15 is 0 Å². The average molecular weight is 480 g/mol. The molecule has 35 heavy (non-hydrogen) atoms. The number of ether oxygens (including phenoxy) is 1. The standard InChI is InChI=1S/C24H29N7O4/c1-15-10-25-20-18(11-26-31(20)12-15)22(34)27-19-8-17-9-24(3,14-32)35-23(17)28-21(19)30-6-4-29(5-7-30)13-16(2)33/h8,10-12,32H,4-7,9,13-14H2,1-3H3,(H,27,34)/t24-/m1/s1. The van der Waals surface area contributed by atoms with Crippen molar-refractivity contribution in [1.29, 1.82) is 0 Å². The van der Waals surface area contributed by atoms with Gasteiger partial charge in [-0.15, -0.1) is 0 Å². The number of ketones is 1. The van der Waals surface area contributed by atoms with Gasteiger partial charge in [0.2, 0.25) is 5.88 Å². The molecule has 5 heterocycles. The Morgan fingerprint density at radius 1 is 1.23 bits per heavy atom. The second kappa shape index (κ2) is 8.90. The number of hydrogen-bond donors (Lipinski definition) is 2. The molecule has 2 aliphatic rings. The Kier molecular flexibility index (Phi) is 5.89. The minimum atomic E-state index is -0.750. The summed E-state index contributed by atoms with van der Waals surface area (Å²) in [5, 5.41) is 17.1. The normalized spacial score (nSPS) is 20.1. The molecular weight excluding hydrogens is 450 g/mol. The quantitative estimate of drug-likeness (QED) is 0.534. The van der Waals surface area contributed by atoms with Crippen LogP contribution in [0.25, 0.3) is 5.65 Å². The molecule has 1 atom stereocenters. The molecular formula is C24H29N7O4. The average Bonchev–Trinajstić information content (AvgIpc) is 3.38. The topological polar surface area (TPSA) is 125 Å². The summed E-state index contributed by atoms with van der Waals surface area (Å²) in [6.07, 6.45) is 5.50. The van der Waals surface area contributed by atoms with Crippen LogP contribution < -0.4 is 15.0 Å². The summed E-state index contributed by atoms with van der Waals surface area (Å²) in [5.41, 5.74) is 2.40. The smallest absolute Gasteiger partial charge is 0.261 e. The van der Waals surface area contributed by atoms with Gasteiger partial charge in [-0.2, -0.15) is 10.1 Å². The Labute approximate surface area is 202 Å². The van der Waals surface area contributed by atoms with E-state index in [1.54, 1.807) is 17.6 Å². The van der Waals surface area contributed by atoms with Crippen LogP contribution in [-0.4, -0.2) is 86.2 Å². The molecule has 184 valence electrons. The summed E-state index contributed by atoms with van der Waals surface area (Å²) >= 11 is 0. The molecule has 1 fully saturated rings. The van der Waals surface area contributed by atoms with Gasteiger partial charge in [0, 0.05) is 50.6 Å². The molecule has 0 bridgehead atoms. The van der Waals surface area contributed by atoms with Crippen LogP contribution in [-0.2, 0) is 11.2 Å². The molecule has 0 spiro atoms. The monoisotopic (exact) mass is 479 g/mol. The van der Waals surface area contributed by atoms with Crippen LogP contribution in [0.15, 0.2) is 24.7 Å². The molecule has 3 aromatic heterocycles. The lowest BCUT2D eigenvalue weighted by molar-refractivity contribution is -0.118. The molecule has 0 unspecified atom stereocenters. The lowest BCUT2D eigenvalue weighted by Crippen LogP contribution is -2.48. The molecule has 2 N–H and O–H groups in total. The van der Waals surface area contributed by atoms with E-state index in [-0.39, 0.29) is 18.3 Å². The zero-order valence-corrected chi connectivity index (χ0v) is 20.1. The number of nitrogens with zero attached hydrogens (tertiary/aromatic N) is 6. The third-order valence-electron chi connectivity index (χ3n) is 6.38. The van der Waals surface area contributed by atoms with E-state index in [0.29, 0.717) is 67.7 Å². The number of carbonyl (C=O) groups is 2. The second-order valence-electron chi connectivity index (χ2n) is 9.59. The van der Waals surface area contributed by atoms with E-state index in [2.05, 4.69) is 25.2 Å². The van der Waals surface area contributed by atoms with E-state index in [1.807, 2.05) is 26.1 Å². The molecule has 5 rings (SSSR count). The zero-order chi connectivity index (χ0) is 24.7. The van der Waals surface area contributed by atoms with Gasteiger partial charge in [-0.1, -0.05) is 0 Å². The number of carbonyl (C=O) groups excluding carboxylic acids is 2. The van der Waals surface area contributed by atoms with Gasteiger partial charge in [0.1, 0.15) is 16.9 Å². The third kappa shape index (κ3) is 4.56. The summed E-state index contributed by atoms with van der Waals surface area (Å²) in [7, 11) is 0. The number of amides is 1. The molecule has 0 radical (unpaired) electrons. The highest BCUT2D eigenvalue weighted by atomic mass is 16.5. The number of aromatic nitrogens is 4. The summed E-state index contributed by atoms with van der Waals surface area (Å²) in [4.78, 5) is 38.1. The van der Waals surface area contributed by atoms with Crippen molar-refractivity contribution in [1.82, 2.24) is 24.5 Å². The van der Waals surface area contributed by atoms with Gasteiger partial charge in [-0.3, -0.25) is 14.5 Å². The molecule has 0 aromatic carbocycles. The Bertz CT molecular complexity index is 1300. The highest BCUT2D eigenvalue weighted by Gasteiger charge is 2.37. The molecule has 0 aliphatic carbocycles. The number of pyridine rings is 1. The zero-order valence-electron chi connectivity index (χ0n) is 20.1. The first-order valence-electron chi connectivity index (χ1n) is 11.7. The maximum Gasteiger partial charge on any atom is 0.261 e. The predicted octanol–water partition coefficient (Wildman–Crippen LogP) is 1.08. The fraction of sp³-hybridized carbons (Fsp3) is 0.458. The number of aryl methyl sites for hydroxylation is 1. The van der Waals surface area contributed by atoms with Gasteiger partial charge < -0.3 is 20.1 Å². The van der Waals surface area contributed by atoms with Gasteiger partial charge in [0.15, 0.2) is 11.5 Å². The summed E-state index contributed by atoms with van der Waals surface area (Å²) in [5.74, 6) is 0.866. The summed E-state index contributed by atoms with van der Waals surface area (Å²) in [6.45, 7) is 8.33. The number of hydrogen-bond acceptors (Lipinski definition) is 9. The number of fused-ring (bicyclic) bond motifs is 2. The van der Waals surface area contributed by atoms with E-state index in [1.165, 1.54) is 6.20 Å². The fourth-order valence-corrected chi connectivity index (χ4v) is 4.59. The van der Waals surface area contributed by atoms with Crippen molar-refractivity contribution in [2.24, 2.45) is 0 Å². The van der Waals surface area contributed by atoms with Crippen molar-refractivity contribution in [3.8, 4) is 5.88 Å². The van der Waals surface area contributed by atoms with Crippen molar-refractivity contribution >= 4 is 28.8 Å². The summed E-state index contributed by atoms with van der Waals surface area (Å²) < 4.78 is 7.56. The van der Waals surface area contributed by atoms with E-state index in [9.17, 15) is 14.7 Å². The third-order valence-corrected chi connectivity index (χ3v) is 6.38. The van der Waals surface area contributed by atoms with Crippen LogP contribution in [0.4, 0.5) is 11.5 Å². The largest absolute Gasteiger partial charge is 0.468 e. The number of piperazine rings is 1. The molecule has 3 aromatic rings. The molecule has 2 aliphatic heterocycles. The number of Topliss-reactive ketones (excluding diaryl/α,β-unsaturated/α-hetero) is 1. The first-order chi connectivity index (χ1) is 16.7. The maximum atomic E-state index is 13.3. The lowest BCUT2D eigenvalue weighted by Gasteiger charge is -2.35. The van der Waals surface area contributed by atoms with Gasteiger partial charge >= 0.3 is 0 Å². The molecule has 1 amide bonds. The fourth-order valence-electron chi connectivity index (χ4n) is 4.59. The van der Waals surface area contributed by atoms with Crippen molar-refractivity contribution in [2.75, 3.05) is 49.5 Å².